The second kappa shape index (κ2) is 3.96. The molecular formula is C11H16N6. The van der Waals surface area contributed by atoms with E-state index < -0.39 is 0 Å². The van der Waals surface area contributed by atoms with Crippen molar-refractivity contribution in [3.8, 4) is 0 Å². The zero-order valence-corrected chi connectivity index (χ0v) is 9.58. The molecule has 2 aromatic heterocycles. The van der Waals surface area contributed by atoms with E-state index in [1.54, 1.807) is 6.20 Å². The van der Waals surface area contributed by atoms with Crippen LogP contribution in [0.15, 0.2) is 12.5 Å². The van der Waals surface area contributed by atoms with Crippen molar-refractivity contribution >= 4 is 16.9 Å². The van der Waals surface area contributed by atoms with Crippen LogP contribution in [0.25, 0.3) is 11.0 Å². The molecular weight excluding hydrogens is 216 g/mol. The summed E-state index contributed by atoms with van der Waals surface area (Å²) in [5, 5.41) is 5.23. The third-order valence-corrected chi connectivity index (χ3v) is 3.51. The minimum absolute atomic E-state index is 0.341. The summed E-state index contributed by atoms with van der Waals surface area (Å²) in [7, 11) is 0. The molecule has 0 bridgehead atoms. The Labute approximate surface area is 99.0 Å². The number of nitrogens with two attached hydrogens (primary N) is 2. The van der Waals surface area contributed by atoms with Gasteiger partial charge in [-0.3, -0.25) is 0 Å². The van der Waals surface area contributed by atoms with Crippen molar-refractivity contribution in [1.29, 1.82) is 0 Å². The minimum Gasteiger partial charge on any atom is -0.383 e. The highest BCUT2D eigenvalue weighted by atomic mass is 15.3. The molecule has 0 atom stereocenters. The molecule has 90 valence electrons. The molecule has 3 rings (SSSR count). The van der Waals surface area contributed by atoms with Crippen LogP contribution in [0.2, 0.25) is 0 Å². The number of nitrogen functional groups attached to an aromatic ring is 1. The van der Waals surface area contributed by atoms with E-state index in [0.29, 0.717) is 17.9 Å². The quantitative estimate of drug-likeness (QED) is 0.760. The normalized spacial score (nSPS) is 25.2. The highest BCUT2D eigenvalue weighted by molar-refractivity contribution is 5.84. The summed E-state index contributed by atoms with van der Waals surface area (Å²) >= 11 is 0. The molecule has 1 fully saturated rings. The van der Waals surface area contributed by atoms with Crippen LogP contribution >= 0.6 is 0 Å². The lowest BCUT2D eigenvalue weighted by atomic mass is 9.92. The van der Waals surface area contributed by atoms with Crippen LogP contribution < -0.4 is 11.5 Å². The third-order valence-electron chi connectivity index (χ3n) is 3.51. The second-order valence-electron chi connectivity index (χ2n) is 4.65. The highest BCUT2D eigenvalue weighted by Gasteiger charge is 2.22. The number of rotatable bonds is 1. The van der Waals surface area contributed by atoms with E-state index in [1.165, 1.54) is 6.33 Å². The van der Waals surface area contributed by atoms with Crippen LogP contribution in [0.5, 0.6) is 0 Å². The van der Waals surface area contributed by atoms with Gasteiger partial charge < -0.3 is 11.5 Å². The van der Waals surface area contributed by atoms with Crippen molar-refractivity contribution in [2.45, 2.75) is 37.8 Å². The number of fused-ring (bicyclic) bond motifs is 1. The Morgan fingerprint density at radius 1 is 1.18 bits per heavy atom. The van der Waals surface area contributed by atoms with Gasteiger partial charge in [0.25, 0.3) is 0 Å². The Morgan fingerprint density at radius 2 is 1.94 bits per heavy atom. The number of hydrogen-bond acceptors (Lipinski definition) is 5. The van der Waals surface area contributed by atoms with Gasteiger partial charge in [-0.15, -0.1) is 0 Å². The first kappa shape index (κ1) is 10.5. The lowest BCUT2D eigenvalue weighted by molar-refractivity contribution is 0.309. The second-order valence-corrected chi connectivity index (χ2v) is 4.65. The molecule has 1 aliphatic carbocycles. The van der Waals surface area contributed by atoms with E-state index in [1.807, 2.05) is 4.68 Å². The van der Waals surface area contributed by atoms with Gasteiger partial charge in [0.2, 0.25) is 0 Å². The first-order valence-electron chi connectivity index (χ1n) is 5.95. The number of hydrogen-bond donors (Lipinski definition) is 2. The summed E-state index contributed by atoms with van der Waals surface area (Å²) in [6, 6.07) is 0.731. The van der Waals surface area contributed by atoms with E-state index in [2.05, 4.69) is 15.1 Å². The summed E-state index contributed by atoms with van der Waals surface area (Å²) in [5.74, 6) is 0.494. The predicted octanol–water partition coefficient (Wildman–Crippen LogP) is 0.851. The Hall–Kier alpha value is -1.69. The smallest absolute Gasteiger partial charge is 0.163 e. The van der Waals surface area contributed by atoms with Gasteiger partial charge in [-0.1, -0.05) is 0 Å². The molecule has 17 heavy (non-hydrogen) atoms. The maximum atomic E-state index is 5.91. The fourth-order valence-electron chi connectivity index (χ4n) is 2.49. The van der Waals surface area contributed by atoms with Crippen LogP contribution in [0.1, 0.15) is 31.7 Å². The van der Waals surface area contributed by atoms with Crippen molar-refractivity contribution < 1.29 is 0 Å². The molecule has 0 spiro atoms. The lowest BCUT2D eigenvalue weighted by Gasteiger charge is -2.26. The molecule has 4 N–H and O–H groups in total. The summed E-state index contributed by atoms with van der Waals surface area (Å²) < 4.78 is 1.97. The van der Waals surface area contributed by atoms with Crippen molar-refractivity contribution in [1.82, 2.24) is 19.7 Å². The van der Waals surface area contributed by atoms with E-state index in [4.69, 9.17) is 11.5 Å². The zero-order valence-electron chi connectivity index (χ0n) is 9.58. The fraction of sp³-hybridized carbons (Fsp3) is 0.545. The minimum atomic E-state index is 0.341. The average Bonchev–Trinajstić information content (AvgIpc) is 2.75. The van der Waals surface area contributed by atoms with Crippen molar-refractivity contribution in [2.24, 2.45) is 5.73 Å². The zero-order chi connectivity index (χ0) is 11.8. The monoisotopic (exact) mass is 232 g/mol. The summed E-state index contributed by atoms with van der Waals surface area (Å²) in [6.45, 7) is 0. The van der Waals surface area contributed by atoms with Crippen LogP contribution in [0.3, 0.4) is 0 Å². The van der Waals surface area contributed by atoms with Crippen LogP contribution in [0.4, 0.5) is 5.82 Å². The molecule has 6 heteroatoms. The lowest BCUT2D eigenvalue weighted by Crippen LogP contribution is -2.28. The van der Waals surface area contributed by atoms with Gasteiger partial charge in [-0.05, 0) is 25.7 Å². The highest BCUT2D eigenvalue weighted by Crippen LogP contribution is 2.29. The van der Waals surface area contributed by atoms with Crippen LogP contribution in [0, 0.1) is 0 Å². The Bertz CT molecular complexity index is 526. The maximum Gasteiger partial charge on any atom is 0.163 e. The molecule has 2 aromatic rings. The van der Waals surface area contributed by atoms with Crippen molar-refractivity contribution in [3.05, 3.63) is 12.5 Å². The van der Waals surface area contributed by atoms with E-state index in [9.17, 15) is 0 Å². The van der Waals surface area contributed by atoms with Crippen LogP contribution in [-0.2, 0) is 0 Å². The Morgan fingerprint density at radius 3 is 2.71 bits per heavy atom. The molecule has 1 saturated carbocycles. The molecule has 0 aromatic carbocycles. The number of nitrogens with zero attached hydrogens (tertiary/aromatic N) is 4. The van der Waals surface area contributed by atoms with Crippen molar-refractivity contribution in [2.75, 3.05) is 5.73 Å². The van der Waals surface area contributed by atoms with Gasteiger partial charge >= 0.3 is 0 Å². The maximum absolute atomic E-state index is 5.91. The summed E-state index contributed by atoms with van der Waals surface area (Å²) in [5.41, 5.74) is 12.5. The number of aromatic nitrogens is 4. The summed E-state index contributed by atoms with van der Waals surface area (Å²) in [6.07, 6.45) is 7.45. The topological polar surface area (TPSA) is 95.6 Å². The molecule has 2 heterocycles. The summed E-state index contributed by atoms with van der Waals surface area (Å²) in [4.78, 5) is 8.25. The van der Waals surface area contributed by atoms with Gasteiger partial charge in [0.05, 0.1) is 17.6 Å². The van der Waals surface area contributed by atoms with Gasteiger partial charge in [0.15, 0.2) is 5.65 Å². The van der Waals surface area contributed by atoms with E-state index in [0.717, 1.165) is 36.7 Å². The fourth-order valence-corrected chi connectivity index (χ4v) is 2.49. The van der Waals surface area contributed by atoms with E-state index >= 15 is 0 Å². The molecule has 0 saturated heterocycles. The molecule has 0 amide bonds. The predicted molar refractivity (Wildman–Crippen MR) is 65.2 cm³/mol. The Balaban J connectivity index is 1.98. The SMILES string of the molecule is Nc1ncnc2c1cnn2C1CCC(N)CC1. The first-order valence-corrected chi connectivity index (χ1v) is 5.95. The third kappa shape index (κ3) is 1.74. The molecule has 0 aliphatic heterocycles. The molecule has 0 radical (unpaired) electrons. The largest absolute Gasteiger partial charge is 0.383 e. The van der Waals surface area contributed by atoms with Crippen molar-refractivity contribution in [3.63, 3.8) is 0 Å². The molecule has 6 nitrogen and oxygen atoms in total. The molecule has 0 unspecified atom stereocenters. The van der Waals surface area contributed by atoms with Gasteiger partial charge in [0.1, 0.15) is 12.1 Å². The van der Waals surface area contributed by atoms with E-state index in [-0.39, 0.29) is 0 Å². The molecule has 1 aliphatic rings. The van der Waals surface area contributed by atoms with Gasteiger partial charge in [-0.2, -0.15) is 5.10 Å². The van der Waals surface area contributed by atoms with Crippen LogP contribution in [-0.4, -0.2) is 25.8 Å². The van der Waals surface area contributed by atoms with Gasteiger partial charge in [-0.25, -0.2) is 14.6 Å². The number of anilines is 1. The first-order chi connectivity index (χ1) is 8.25. The van der Waals surface area contributed by atoms with Gasteiger partial charge in [0, 0.05) is 6.04 Å². The standard InChI is InChI=1S/C11H16N6/c12-7-1-3-8(4-2-7)17-11-9(5-16-17)10(13)14-6-15-11/h5-8H,1-4,12H2,(H2,13,14,15). The average molecular weight is 232 g/mol. The Kier molecular flexibility index (Phi) is 2.44.